The number of rotatable bonds is 11. The third-order valence-corrected chi connectivity index (χ3v) is 6.91. The van der Waals surface area contributed by atoms with Crippen LogP contribution < -0.4 is 9.75 Å². The SMILES string of the molecule is CCCCCCCCCCCCN1C=c2sccc2=C2SCC=C21. The third-order valence-electron chi connectivity index (χ3n) is 5.01. The van der Waals surface area contributed by atoms with Gasteiger partial charge in [0.15, 0.2) is 0 Å². The summed E-state index contributed by atoms with van der Waals surface area (Å²) < 4.78 is 1.45. The lowest BCUT2D eigenvalue weighted by atomic mass is 10.1. The first-order chi connectivity index (χ1) is 11.9. The Morgan fingerprint density at radius 3 is 2.42 bits per heavy atom. The van der Waals surface area contributed by atoms with Crippen LogP contribution in [-0.4, -0.2) is 17.2 Å². The molecule has 0 unspecified atom stereocenters. The fourth-order valence-corrected chi connectivity index (χ4v) is 5.60. The fraction of sp³-hybridized carbons (Fsp3) is 0.619. The van der Waals surface area contributed by atoms with Crippen LogP contribution in [-0.2, 0) is 0 Å². The van der Waals surface area contributed by atoms with Crippen LogP contribution in [0.4, 0.5) is 0 Å². The van der Waals surface area contributed by atoms with Crippen molar-refractivity contribution in [2.75, 3.05) is 12.3 Å². The second kappa shape index (κ2) is 9.72. The molecule has 0 N–H and O–H groups in total. The normalized spacial score (nSPS) is 16.0. The van der Waals surface area contributed by atoms with E-state index in [4.69, 9.17) is 0 Å². The first kappa shape index (κ1) is 18.1. The summed E-state index contributed by atoms with van der Waals surface area (Å²) in [6, 6.07) is 2.29. The van der Waals surface area contributed by atoms with E-state index in [0.29, 0.717) is 0 Å². The van der Waals surface area contributed by atoms with Gasteiger partial charge in [0.25, 0.3) is 0 Å². The molecule has 0 saturated carbocycles. The fourth-order valence-electron chi connectivity index (χ4n) is 3.61. The zero-order valence-electron chi connectivity index (χ0n) is 15.1. The monoisotopic (exact) mass is 361 g/mol. The lowest BCUT2D eigenvalue weighted by molar-refractivity contribution is 0.475. The first-order valence-electron chi connectivity index (χ1n) is 9.80. The van der Waals surface area contributed by atoms with E-state index in [1.165, 1.54) is 91.1 Å². The Bertz CT molecular complexity index is 656. The van der Waals surface area contributed by atoms with Crippen molar-refractivity contribution in [2.45, 2.75) is 71.1 Å². The predicted molar refractivity (Wildman–Crippen MR) is 111 cm³/mol. The van der Waals surface area contributed by atoms with Crippen LogP contribution in [0.1, 0.15) is 71.1 Å². The molecule has 0 spiro atoms. The molecule has 0 fully saturated rings. The van der Waals surface area contributed by atoms with Crippen LogP contribution in [0, 0.1) is 0 Å². The van der Waals surface area contributed by atoms with Crippen molar-refractivity contribution in [1.82, 2.24) is 4.90 Å². The minimum Gasteiger partial charge on any atom is -0.346 e. The van der Waals surface area contributed by atoms with Crippen molar-refractivity contribution in [3.8, 4) is 0 Å². The minimum atomic E-state index is 1.14. The van der Waals surface area contributed by atoms with E-state index < -0.39 is 0 Å². The van der Waals surface area contributed by atoms with Gasteiger partial charge in [-0.05, 0) is 23.9 Å². The quantitative estimate of drug-likeness (QED) is 0.481. The Hall–Kier alpha value is -0.670. The van der Waals surface area contributed by atoms with Crippen molar-refractivity contribution in [1.29, 1.82) is 0 Å². The molecule has 1 nitrogen and oxygen atoms in total. The van der Waals surface area contributed by atoms with Crippen molar-refractivity contribution in [3.63, 3.8) is 0 Å². The molecule has 0 saturated heterocycles. The summed E-state index contributed by atoms with van der Waals surface area (Å²) in [5, 5.41) is 3.70. The molecule has 3 heterocycles. The summed E-state index contributed by atoms with van der Waals surface area (Å²) in [5.74, 6) is 1.14. The average molecular weight is 362 g/mol. The van der Waals surface area contributed by atoms with E-state index in [2.05, 4.69) is 35.5 Å². The predicted octanol–water partition coefficient (Wildman–Crippen LogP) is 5.46. The molecule has 3 heteroatoms. The molecule has 3 rings (SSSR count). The molecule has 0 aliphatic carbocycles. The van der Waals surface area contributed by atoms with Crippen LogP contribution >= 0.6 is 23.1 Å². The highest BCUT2D eigenvalue weighted by atomic mass is 32.2. The number of fused-ring (bicyclic) bond motifs is 2. The maximum Gasteiger partial charge on any atom is 0.0519 e. The molecule has 1 aromatic rings. The summed E-state index contributed by atoms with van der Waals surface area (Å²) in [6.07, 6.45) is 18.9. The topological polar surface area (TPSA) is 3.24 Å². The minimum absolute atomic E-state index is 1.14. The van der Waals surface area contributed by atoms with Gasteiger partial charge in [-0.1, -0.05) is 64.7 Å². The van der Waals surface area contributed by atoms with Gasteiger partial charge in [0.05, 0.1) is 10.2 Å². The number of unbranched alkanes of at least 4 members (excludes halogenated alkanes) is 9. The summed E-state index contributed by atoms with van der Waals surface area (Å²) in [5.41, 5.74) is 1.47. The number of nitrogens with zero attached hydrogens (tertiary/aromatic N) is 1. The molecule has 2 aliphatic heterocycles. The molecule has 0 radical (unpaired) electrons. The molecular formula is C21H31NS2. The molecule has 132 valence electrons. The number of hydrogen-bond acceptors (Lipinski definition) is 3. The second-order valence-corrected chi connectivity index (χ2v) is 8.91. The van der Waals surface area contributed by atoms with Gasteiger partial charge >= 0.3 is 0 Å². The van der Waals surface area contributed by atoms with Gasteiger partial charge in [-0.3, -0.25) is 0 Å². The van der Waals surface area contributed by atoms with E-state index in [0.717, 1.165) is 5.75 Å². The van der Waals surface area contributed by atoms with Crippen LogP contribution in [0.5, 0.6) is 0 Å². The number of thioether (sulfide) groups is 1. The summed E-state index contributed by atoms with van der Waals surface area (Å²) >= 11 is 3.88. The highest BCUT2D eigenvalue weighted by Crippen LogP contribution is 2.35. The van der Waals surface area contributed by atoms with Gasteiger partial charge in [-0.15, -0.1) is 23.1 Å². The zero-order valence-corrected chi connectivity index (χ0v) is 16.7. The highest BCUT2D eigenvalue weighted by molar-refractivity contribution is 8.08. The molecule has 1 aromatic heterocycles. The van der Waals surface area contributed by atoms with Crippen molar-refractivity contribution in [3.05, 3.63) is 33.0 Å². The summed E-state index contributed by atoms with van der Waals surface area (Å²) in [7, 11) is 0. The summed E-state index contributed by atoms with van der Waals surface area (Å²) in [6.45, 7) is 3.48. The smallest absolute Gasteiger partial charge is 0.0519 e. The number of thiophene rings is 1. The van der Waals surface area contributed by atoms with E-state index in [1.54, 1.807) is 0 Å². The Labute approximate surface area is 155 Å². The average Bonchev–Trinajstić information content (AvgIpc) is 3.24. The third kappa shape index (κ3) is 4.70. The first-order valence-corrected chi connectivity index (χ1v) is 11.7. The van der Waals surface area contributed by atoms with E-state index >= 15 is 0 Å². The van der Waals surface area contributed by atoms with E-state index in [1.807, 2.05) is 23.1 Å². The van der Waals surface area contributed by atoms with Gasteiger partial charge in [0.1, 0.15) is 0 Å². The Balaban J connectivity index is 1.35. The zero-order chi connectivity index (χ0) is 16.6. The lowest BCUT2D eigenvalue weighted by Gasteiger charge is -2.25. The van der Waals surface area contributed by atoms with Crippen LogP contribution in [0.2, 0.25) is 0 Å². The molecule has 0 atom stereocenters. The second-order valence-electron chi connectivity index (χ2n) is 6.93. The Kier molecular flexibility index (Phi) is 7.34. The van der Waals surface area contributed by atoms with Gasteiger partial charge in [-0.25, -0.2) is 0 Å². The maximum absolute atomic E-state index is 2.51. The van der Waals surface area contributed by atoms with Gasteiger partial charge < -0.3 is 4.90 Å². The largest absolute Gasteiger partial charge is 0.346 e. The van der Waals surface area contributed by atoms with E-state index in [9.17, 15) is 0 Å². The number of hydrogen-bond donors (Lipinski definition) is 0. The molecule has 2 aliphatic rings. The molecule has 0 aromatic carbocycles. The van der Waals surface area contributed by atoms with Gasteiger partial charge in [0, 0.05) is 28.6 Å². The van der Waals surface area contributed by atoms with Gasteiger partial charge in [0.2, 0.25) is 0 Å². The molecular weight excluding hydrogens is 330 g/mol. The molecule has 0 amide bonds. The lowest BCUT2D eigenvalue weighted by Crippen LogP contribution is -2.33. The standard InChI is InChI=1S/C21H31NS2/c1-2-3-4-5-6-7-8-9-10-11-14-22-17-20-18(12-15-23-20)21-19(22)13-16-24-21/h12-13,15,17H,2-11,14,16H2,1H3. The highest BCUT2D eigenvalue weighted by Gasteiger charge is 2.21. The molecule has 0 bridgehead atoms. The van der Waals surface area contributed by atoms with Gasteiger partial charge in [-0.2, -0.15) is 0 Å². The van der Waals surface area contributed by atoms with E-state index in [-0.39, 0.29) is 0 Å². The Morgan fingerprint density at radius 1 is 0.958 bits per heavy atom. The maximum atomic E-state index is 2.51. The van der Waals surface area contributed by atoms with Crippen molar-refractivity contribution >= 4 is 34.2 Å². The van der Waals surface area contributed by atoms with Crippen molar-refractivity contribution < 1.29 is 0 Å². The Morgan fingerprint density at radius 2 is 1.67 bits per heavy atom. The van der Waals surface area contributed by atoms with Crippen LogP contribution in [0.3, 0.4) is 0 Å². The summed E-state index contributed by atoms with van der Waals surface area (Å²) in [4.78, 5) is 4.03. The molecule has 24 heavy (non-hydrogen) atoms. The van der Waals surface area contributed by atoms with Crippen LogP contribution in [0.15, 0.2) is 23.2 Å². The van der Waals surface area contributed by atoms with Crippen molar-refractivity contribution in [2.24, 2.45) is 0 Å². The van der Waals surface area contributed by atoms with Crippen LogP contribution in [0.25, 0.3) is 11.1 Å².